The van der Waals surface area contributed by atoms with Crippen LogP contribution >= 0.6 is 0 Å². The van der Waals surface area contributed by atoms with Gasteiger partial charge in [0.15, 0.2) is 10.8 Å². The number of nitrogens with one attached hydrogen (secondary N) is 1. The zero-order valence-corrected chi connectivity index (χ0v) is 14.6. The van der Waals surface area contributed by atoms with E-state index in [-0.39, 0.29) is 5.90 Å². The number of ether oxygens (including phenoxy) is 2. The summed E-state index contributed by atoms with van der Waals surface area (Å²) >= 11 is 0. The van der Waals surface area contributed by atoms with Crippen LogP contribution in [0.5, 0.6) is 0 Å². The summed E-state index contributed by atoms with van der Waals surface area (Å²) in [7, 11) is 0. The lowest BCUT2D eigenvalue weighted by molar-refractivity contribution is -0.267. The summed E-state index contributed by atoms with van der Waals surface area (Å²) in [5.74, 6) is -2.03. The summed E-state index contributed by atoms with van der Waals surface area (Å²) in [5.41, 5.74) is -3.31. The second-order valence-electron chi connectivity index (χ2n) is 6.93. The highest BCUT2D eigenvalue weighted by Crippen LogP contribution is 2.62. The maximum absolute atomic E-state index is 9.85. The van der Waals surface area contributed by atoms with Crippen molar-refractivity contribution in [2.24, 2.45) is 16.7 Å². The topological polar surface area (TPSA) is 114 Å². The van der Waals surface area contributed by atoms with Gasteiger partial charge in [0.1, 0.15) is 0 Å². The molecule has 2 heterocycles. The summed E-state index contributed by atoms with van der Waals surface area (Å²) in [6, 6.07) is 6.17. The normalized spacial score (nSPS) is 36.2. The Morgan fingerprint density at radius 2 is 1.71 bits per heavy atom. The number of rotatable bonds is 6. The van der Waals surface area contributed by atoms with Crippen molar-refractivity contribution >= 4 is 5.90 Å². The molecule has 24 heavy (non-hydrogen) atoms. The van der Waals surface area contributed by atoms with Crippen LogP contribution in [-0.2, 0) is 9.47 Å². The maximum atomic E-state index is 9.85. The Morgan fingerprint density at radius 1 is 1.08 bits per heavy atom. The fourth-order valence-corrected chi connectivity index (χ4v) is 4.02. The molecule has 2 aliphatic heterocycles. The number of nitriles is 3. The SMILES string of the molecule is CCCCCCCC1OC2(C)OC(=N)C(C#N)(C2C)C1(C#N)C#N. The fraction of sp³-hybridized carbons (Fsp3) is 0.778. The molecule has 2 aliphatic rings. The van der Waals surface area contributed by atoms with E-state index in [0.29, 0.717) is 6.42 Å². The van der Waals surface area contributed by atoms with Crippen molar-refractivity contribution < 1.29 is 9.47 Å². The molecule has 4 unspecified atom stereocenters. The summed E-state index contributed by atoms with van der Waals surface area (Å²) in [5, 5.41) is 37.7. The lowest BCUT2D eigenvalue weighted by Crippen LogP contribution is -2.61. The minimum absolute atomic E-state index is 0.323. The van der Waals surface area contributed by atoms with E-state index in [1.165, 1.54) is 0 Å². The summed E-state index contributed by atoms with van der Waals surface area (Å²) in [6.45, 7) is 5.54. The van der Waals surface area contributed by atoms with Crippen LogP contribution in [0.25, 0.3) is 0 Å². The van der Waals surface area contributed by atoms with Gasteiger partial charge in [-0.15, -0.1) is 0 Å². The van der Waals surface area contributed by atoms with E-state index in [2.05, 4.69) is 13.0 Å². The zero-order chi connectivity index (χ0) is 18.0. The van der Waals surface area contributed by atoms with Gasteiger partial charge in [-0.2, -0.15) is 15.8 Å². The van der Waals surface area contributed by atoms with Crippen LogP contribution in [0.2, 0.25) is 0 Å². The number of fused-ring (bicyclic) bond motifs is 2. The van der Waals surface area contributed by atoms with Crippen molar-refractivity contribution in [3.63, 3.8) is 0 Å². The Kier molecular flexibility index (Phi) is 4.88. The first kappa shape index (κ1) is 18.2. The van der Waals surface area contributed by atoms with Gasteiger partial charge in [0, 0.05) is 6.92 Å². The highest BCUT2D eigenvalue weighted by Gasteiger charge is 2.77. The fourth-order valence-electron chi connectivity index (χ4n) is 4.02. The van der Waals surface area contributed by atoms with Crippen molar-refractivity contribution in [1.82, 2.24) is 0 Å². The average molecular weight is 328 g/mol. The molecule has 4 atom stereocenters. The first-order valence-corrected chi connectivity index (χ1v) is 8.58. The molecule has 0 aromatic heterocycles. The smallest absolute Gasteiger partial charge is 0.214 e. The molecule has 0 amide bonds. The Labute approximate surface area is 143 Å². The molecular weight excluding hydrogens is 304 g/mol. The van der Waals surface area contributed by atoms with Gasteiger partial charge in [0.2, 0.25) is 11.7 Å². The van der Waals surface area contributed by atoms with Crippen LogP contribution in [0.15, 0.2) is 0 Å². The van der Waals surface area contributed by atoms with Crippen molar-refractivity contribution in [2.75, 3.05) is 0 Å². The molecule has 1 N–H and O–H groups in total. The summed E-state index contributed by atoms with van der Waals surface area (Å²) in [6.07, 6.45) is 4.96. The molecule has 2 rings (SSSR count). The molecule has 0 aromatic rings. The van der Waals surface area contributed by atoms with Crippen molar-refractivity contribution in [3.05, 3.63) is 0 Å². The number of unbranched alkanes of at least 4 members (excludes halogenated alkanes) is 4. The quantitative estimate of drug-likeness (QED) is 0.747. The van der Waals surface area contributed by atoms with Gasteiger partial charge >= 0.3 is 0 Å². The van der Waals surface area contributed by atoms with E-state index in [1.807, 2.05) is 12.1 Å². The minimum Gasteiger partial charge on any atom is -0.448 e. The molecule has 2 bridgehead atoms. The predicted molar refractivity (Wildman–Crippen MR) is 86.3 cm³/mol. The van der Waals surface area contributed by atoms with E-state index < -0.39 is 28.6 Å². The van der Waals surface area contributed by atoms with Gasteiger partial charge in [-0.3, -0.25) is 5.41 Å². The van der Waals surface area contributed by atoms with Crippen molar-refractivity contribution in [2.45, 2.75) is 71.2 Å². The Balaban J connectivity index is 2.36. The molecule has 128 valence electrons. The first-order valence-electron chi connectivity index (χ1n) is 8.58. The van der Waals surface area contributed by atoms with E-state index in [1.54, 1.807) is 13.8 Å². The molecule has 2 saturated heterocycles. The summed E-state index contributed by atoms with van der Waals surface area (Å²) in [4.78, 5) is 0. The van der Waals surface area contributed by atoms with E-state index in [4.69, 9.17) is 14.9 Å². The van der Waals surface area contributed by atoms with Gasteiger partial charge in [-0.1, -0.05) is 46.0 Å². The standard InChI is InChI=1S/C18H24N4O2/c1-4-5-6-7-8-9-14-17(10-19,11-20)18(12-21)13(2)16(3,23-14)24-15(18)22/h13-14,22H,4-9H2,1-3H3. The monoisotopic (exact) mass is 328 g/mol. The number of hydrogen-bond donors (Lipinski definition) is 1. The van der Waals surface area contributed by atoms with Gasteiger partial charge in [0.25, 0.3) is 0 Å². The maximum Gasteiger partial charge on any atom is 0.214 e. The summed E-state index contributed by atoms with van der Waals surface area (Å²) < 4.78 is 11.6. The molecule has 6 heteroatoms. The Bertz CT molecular complexity index is 627. The lowest BCUT2D eigenvalue weighted by atomic mass is 9.54. The molecule has 0 saturated carbocycles. The van der Waals surface area contributed by atoms with Crippen LogP contribution in [0.4, 0.5) is 0 Å². The zero-order valence-electron chi connectivity index (χ0n) is 14.6. The minimum atomic E-state index is -1.72. The van der Waals surface area contributed by atoms with Crippen LogP contribution in [0, 0.1) is 56.2 Å². The lowest BCUT2D eigenvalue weighted by Gasteiger charge is -2.47. The molecule has 0 aromatic carbocycles. The Hall–Kier alpha value is -2.10. The second kappa shape index (κ2) is 6.42. The molecule has 6 nitrogen and oxygen atoms in total. The van der Waals surface area contributed by atoms with Crippen LogP contribution in [0.3, 0.4) is 0 Å². The van der Waals surface area contributed by atoms with Crippen molar-refractivity contribution in [3.8, 4) is 18.2 Å². The number of hydrogen-bond acceptors (Lipinski definition) is 6. The molecule has 0 radical (unpaired) electrons. The predicted octanol–water partition coefficient (Wildman–Crippen LogP) is 3.65. The largest absolute Gasteiger partial charge is 0.448 e. The molecular formula is C18H24N4O2. The highest BCUT2D eigenvalue weighted by molar-refractivity contribution is 5.89. The third kappa shape index (κ3) is 2.20. The third-order valence-electron chi connectivity index (χ3n) is 5.68. The van der Waals surface area contributed by atoms with E-state index in [0.717, 1.165) is 32.1 Å². The Morgan fingerprint density at radius 3 is 2.25 bits per heavy atom. The van der Waals surface area contributed by atoms with Gasteiger partial charge < -0.3 is 9.47 Å². The number of nitrogens with zero attached hydrogens (tertiary/aromatic N) is 3. The van der Waals surface area contributed by atoms with E-state index >= 15 is 0 Å². The third-order valence-corrected chi connectivity index (χ3v) is 5.68. The molecule has 0 aliphatic carbocycles. The molecule has 2 fully saturated rings. The second-order valence-corrected chi connectivity index (χ2v) is 6.93. The van der Waals surface area contributed by atoms with Crippen molar-refractivity contribution in [1.29, 1.82) is 21.2 Å². The average Bonchev–Trinajstić information content (AvgIpc) is 2.71. The van der Waals surface area contributed by atoms with Gasteiger partial charge in [0.05, 0.1) is 30.2 Å². The molecule has 0 spiro atoms. The van der Waals surface area contributed by atoms with Crippen LogP contribution in [-0.4, -0.2) is 17.8 Å². The van der Waals surface area contributed by atoms with Crippen LogP contribution in [0.1, 0.15) is 59.3 Å². The van der Waals surface area contributed by atoms with E-state index in [9.17, 15) is 15.8 Å². The van der Waals surface area contributed by atoms with Crippen LogP contribution < -0.4 is 0 Å². The first-order chi connectivity index (χ1) is 11.4. The van der Waals surface area contributed by atoms with Gasteiger partial charge in [-0.25, -0.2) is 0 Å². The highest BCUT2D eigenvalue weighted by atomic mass is 16.7. The van der Waals surface area contributed by atoms with Gasteiger partial charge in [-0.05, 0) is 6.42 Å².